The Morgan fingerprint density at radius 1 is 1.00 bits per heavy atom. The quantitative estimate of drug-likeness (QED) is 0.381. The summed E-state index contributed by atoms with van der Waals surface area (Å²) in [6.07, 6.45) is 2.39. The molecule has 0 aliphatic rings. The van der Waals surface area contributed by atoms with E-state index in [2.05, 4.69) is 6.92 Å². The van der Waals surface area contributed by atoms with Crippen molar-refractivity contribution < 1.29 is 14.3 Å². The third kappa shape index (κ3) is 5.71. The van der Waals surface area contributed by atoms with Crippen molar-refractivity contribution in [1.29, 1.82) is 0 Å². The Morgan fingerprint density at radius 3 is 2.38 bits per heavy atom. The maximum Gasteiger partial charge on any atom is 0.306 e. The van der Waals surface area contributed by atoms with E-state index >= 15 is 0 Å². The van der Waals surface area contributed by atoms with Crippen LogP contribution < -0.4 is 5.56 Å². The Kier molecular flexibility index (Phi) is 8.96. The SMILES string of the molecule is CCCCN(C(=O)CCC(=O)OCC)C(CC)c1nc2ccccc2c(=O)n1-c1ccccc1. The first-order valence-corrected chi connectivity index (χ1v) is 12.0. The molecule has 3 aromatic rings. The van der Waals surface area contributed by atoms with Crippen LogP contribution in [-0.2, 0) is 14.3 Å². The zero-order valence-corrected chi connectivity index (χ0v) is 20.2. The Bertz CT molecular complexity index is 1170. The fraction of sp³-hybridized carbons (Fsp3) is 0.407. The number of rotatable bonds is 11. The van der Waals surface area contributed by atoms with Crippen LogP contribution in [0.15, 0.2) is 59.4 Å². The van der Waals surface area contributed by atoms with E-state index in [4.69, 9.17) is 9.72 Å². The topological polar surface area (TPSA) is 81.5 Å². The van der Waals surface area contributed by atoms with Crippen molar-refractivity contribution in [2.24, 2.45) is 0 Å². The molecule has 1 amide bonds. The van der Waals surface area contributed by atoms with Crippen LogP contribution >= 0.6 is 0 Å². The summed E-state index contributed by atoms with van der Waals surface area (Å²) in [5, 5.41) is 0.527. The molecule has 7 heteroatoms. The number of carbonyl (C=O) groups excluding carboxylic acids is 2. The monoisotopic (exact) mass is 463 g/mol. The van der Waals surface area contributed by atoms with Crippen molar-refractivity contribution in [2.45, 2.75) is 58.9 Å². The largest absolute Gasteiger partial charge is 0.466 e. The molecule has 0 fully saturated rings. The molecule has 2 aromatic carbocycles. The lowest BCUT2D eigenvalue weighted by atomic mass is 10.1. The van der Waals surface area contributed by atoms with E-state index in [9.17, 15) is 14.4 Å². The lowest BCUT2D eigenvalue weighted by molar-refractivity contribution is -0.146. The van der Waals surface area contributed by atoms with Gasteiger partial charge in [0.05, 0.1) is 35.7 Å². The van der Waals surface area contributed by atoms with Gasteiger partial charge in [0.15, 0.2) is 0 Å². The first-order valence-electron chi connectivity index (χ1n) is 12.0. The number of benzene rings is 2. The lowest BCUT2D eigenvalue weighted by Crippen LogP contribution is -2.39. The molecule has 0 radical (unpaired) electrons. The third-order valence-corrected chi connectivity index (χ3v) is 5.80. The minimum absolute atomic E-state index is 0.0301. The molecule has 0 N–H and O–H groups in total. The normalized spacial score (nSPS) is 11.9. The van der Waals surface area contributed by atoms with Crippen molar-refractivity contribution in [2.75, 3.05) is 13.2 Å². The lowest BCUT2D eigenvalue weighted by Gasteiger charge is -2.32. The minimum atomic E-state index is -0.418. The fourth-order valence-electron chi connectivity index (χ4n) is 4.11. The number of unbranched alkanes of at least 4 members (excludes halogenated alkanes) is 1. The number of nitrogens with zero attached hydrogens (tertiary/aromatic N) is 3. The average Bonchev–Trinajstić information content (AvgIpc) is 2.86. The molecule has 0 saturated heterocycles. The molecule has 0 saturated carbocycles. The predicted molar refractivity (Wildman–Crippen MR) is 133 cm³/mol. The fourth-order valence-corrected chi connectivity index (χ4v) is 4.11. The number of amides is 1. The van der Waals surface area contributed by atoms with Crippen molar-refractivity contribution in [3.8, 4) is 5.69 Å². The number of aromatic nitrogens is 2. The molecule has 0 bridgehead atoms. The number of para-hydroxylation sites is 2. The first kappa shape index (κ1) is 25.1. The smallest absolute Gasteiger partial charge is 0.306 e. The van der Waals surface area contributed by atoms with Gasteiger partial charge in [0.1, 0.15) is 5.82 Å². The van der Waals surface area contributed by atoms with E-state index in [0.717, 1.165) is 12.8 Å². The molecular weight excluding hydrogens is 430 g/mol. The Balaban J connectivity index is 2.11. The molecule has 0 aliphatic carbocycles. The summed E-state index contributed by atoms with van der Waals surface area (Å²) < 4.78 is 6.62. The van der Waals surface area contributed by atoms with E-state index in [1.165, 1.54) is 0 Å². The zero-order valence-electron chi connectivity index (χ0n) is 20.2. The van der Waals surface area contributed by atoms with Crippen LogP contribution in [0.3, 0.4) is 0 Å². The highest BCUT2D eigenvalue weighted by Crippen LogP contribution is 2.27. The predicted octanol–water partition coefficient (Wildman–Crippen LogP) is 4.81. The van der Waals surface area contributed by atoms with Crippen LogP contribution in [-0.4, -0.2) is 39.5 Å². The number of hydrogen-bond donors (Lipinski definition) is 0. The Morgan fingerprint density at radius 2 is 1.71 bits per heavy atom. The molecule has 180 valence electrons. The van der Waals surface area contributed by atoms with Crippen LogP contribution in [0.5, 0.6) is 0 Å². The number of ether oxygens (including phenoxy) is 1. The highest BCUT2D eigenvalue weighted by molar-refractivity contribution is 5.82. The van der Waals surface area contributed by atoms with Gasteiger partial charge < -0.3 is 9.64 Å². The summed E-state index contributed by atoms with van der Waals surface area (Å²) in [5.74, 6) is -0.00211. The van der Waals surface area contributed by atoms with Crippen LogP contribution in [0.25, 0.3) is 16.6 Å². The van der Waals surface area contributed by atoms with Crippen molar-refractivity contribution in [1.82, 2.24) is 14.5 Å². The van der Waals surface area contributed by atoms with Gasteiger partial charge in [-0.15, -0.1) is 0 Å². The highest BCUT2D eigenvalue weighted by Gasteiger charge is 2.29. The molecule has 1 aromatic heterocycles. The van der Waals surface area contributed by atoms with Crippen molar-refractivity contribution in [3.63, 3.8) is 0 Å². The number of carbonyl (C=O) groups is 2. The summed E-state index contributed by atoms with van der Waals surface area (Å²) in [4.78, 5) is 45.5. The van der Waals surface area contributed by atoms with Crippen LogP contribution in [0.2, 0.25) is 0 Å². The molecule has 0 aliphatic heterocycles. The molecular formula is C27H33N3O4. The van der Waals surface area contributed by atoms with Gasteiger partial charge in [-0.1, -0.05) is 50.6 Å². The maximum absolute atomic E-state index is 13.6. The number of fused-ring (bicyclic) bond motifs is 1. The molecule has 7 nitrogen and oxygen atoms in total. The summed E-state index contributed by atoms with van der Waals surface area (Å²) in [5.41, 5.74) is 1.14. The summed E-state index contributed by atoms with van der Waals surface area (Å²) >= 11 is 0. The second-order valence-electron chi connectivity index (χ2n) is 8.13. The van der Waals surface area contributed by atoms with Gasteiger partial charge in [0.25, 0.3) is 5.56 Å². The van der Waals surface area contributed by atoms with Gasteiger partial charge in [0.2, 0.25) is 5.91 Å². The van der Waals surface area contributed by atoms with Crippen LogP contribution in [0, 0.1) is 0 Å². The second-order valence-corrected chi connectivity index (χ2v) is 8.13. The van der Waals surface area contributed by atoms with E-state index in [1.54, 1.807) is 22.5 Å². The summed E-state index contributed by atoms with van der Waals surface area (Å²) in [6.45, 7) is 6.60. The third-order valence-electron chi connectivity index (χ3n) is 5.80. The Labute approximate surface area is 200 Å². The summed E-state index contributed by atoms with van der Waals surface area (Å²) in [7, 11) is 0. The standard InChI is InChI=1S/C27H33N3O4/c1-4-7-19-29(24(31)17-18-25(32)34-6-3)23(5-2)26-28-22-16-12-11-15-21(22)27(33)30(26)20-13-9-8-10-14-20/h8-16,23H,4-7,17-19H2,1-3H3. The number of esters is 1. The van der Waals surface area contributed by atoms with Gasteiger partial charge in [-0.2, -0.15) is 0 Å². The highest BCUT2D eigenvalue weighted by atomic mass is 16.5. The van der Waals surface area contributed by atoms with Gasteiger partial charge in [-0.25, -0.2) is 4.98 Å². The first-order chi connectivity index (χ1) is 16.5. The molecule has 1 heterocycles. The molecule has 1 unspecified atom stereocenters. The van der Waals surface area contributed by atoms with Gasteiger partial charge in [-0.3, -0.25) is 19.0 Å². The van der Waals surface area contributed by atoms with Crippen molar-refractivity contribution >= 4 is 22.8 Å². The Hall–Kier alpha value is -3.48. The minimum Gasteiger partial charge on any atom is -0.466 e. The van der Waals surface area contributed by atoms with Crippen molar-refractivity contribution in [3.05, 3.63) is 70.8 Å². The van der Waals surface area contributed by atoms with E-state index < -0.39 is 6.04 Å². The van der Waals surface area contributed by atoms with Gasteiger partial charge in [-0.05, 0) is 44.0 Å². The van der Waals surface area contributed by atoms with E-state index in [1.807, 2.05) is 55.5 Å². The summed E-state index contributed by atoms with van der Waals surface area (Å²) in [6, 6.07) is 16.2. The van der Waals surface area contributed by atoms with E-state index in [-0.39, 0.29) is 36.9 Å². The maximum atomic E-state index is 13.6. The molecule has 0 spiro atoms. The van der Waals surface area contributed by atoms with Crippen LogP contribution in [0.1, 0.15) is 64.7 Å². The molecule has 1 atom stereocenters. The van der Waals surface area contributed by atoms with Gasteiger partial charge >= 0.3 is 5.97 Å². The van der Waals surface area contributed by atoms with E-state index in [0.29, 0.717) is 35.4 Å². The van der Waals surface area contributed by atoms with Crippen LogP contribution in [0.4, 0.5) is 0 Å². The average molecular weight is 464 g/mol. The zero-order chi connectivity index (χ0) is 24.5. The molecule has 34 heavy (non-hydrogen) atoms. The van der Waals surface area contributed by atoms with Gasteiger partial charge in [0, 0.05) is 13.0 Å². The molecule has 3 rings (SSSR count). The number of hydrogen-bond acceptors (Lipinski definition) is 5. The second kappa shape index (κ2) is 12.1.